The Bertz CT molecular complexity index is 585. The highest BCUT2D eigenvalue weighted by atomic mass is 14.9. The highest BCUT2D eigenvalue weighted by molar-refractivity contribution is 5.77. The molecule has 2 heterocycles. The van der Waals surface area contributed by atoms with Crippen molar-refractivity contribution in [1.29, 1.82) is 0 Å². The molecule has 1 N–H and O–H groups in total. The van der Waals surface area contributed by atoms with Gasteiger partial charge in [-0.1, -0.05) is 29.8 Å². The number of aryl methyl sites for hydroxylation is 1. The van der Waals surface area contributed by atoms with Gasteiger partial charge in [0.1, 0.15) is 0 Å². The summed E-state index contributed by atoms with van der Waals surface area (Å²) in [5.41, 5.74) is 6.15. The van der Waals surface area contributed by atoms with Gasteiger partial charge in [0.25, 0.3) is 0 Å². The van der Waals surface area contributed by atoms with E-state index >= 15 is 0 Å². The normalized spacial score (nSPS) is 13.0. The summed E-state index contributed by atoms with van der Waals surface area (Å²) in [6.45, 7) is 2.93. The Morgan fingerprint density at radius 3 is 3.06 bits per heavy atom. The Hall–Kier alpha value is -2.09. The van der Waals surface area contributed by atoms with Crippen LogP contribution in [0.3, 0.4) is 0 Å². The van der Waals surface area contributed by atoms with Gasteiger partial charge in [0.15, 0.2) is 0 Å². The van der Waals surface area contributed by atoms with Gasteiger partial charge in [-0.25, -0.2) is 0 Å². The molecule has 2 heteroatoms. The molecule has 1 aliphatic heterocycles. The van der Waals surface area contributed by atoms with Crippen molar-refractivity contribution in [3.8, 4) is 11.1 Å². The molecular formula is C15H14N2. The van der Waals surface area contributed by atoms with E-state index in [-0.39, 0.29) is 0 Å². The zero-order valence-electron chi connectivity index (χ0n) is 9.77. The van der Waals surface area contributed by atoms with E-state index in [1.165, 1.54) is 22.3 Å². The lowest BCUT2D eigenvalue weighted by atomic mass is 9.97. The molecule has 0 saturated heterocycles. The summed E-state index contributed by atoms with van der Waals surface area (Å²) in [5, 5.41) is 3.19. The Balaban J connectivity index is 2.19. The minimum absolute atomic E-state index is 0.811. The van der Waals surface area contributed by atoms with E-state index < -0.39 is 0 Å². The van der Waals surface area contributed by atoms with E-state index in [2.05, 4.69) is 53.6 Å². The number of nitrogens with one attached hydrogen (secondary N) is 1. The Labute approximate surface area is 101 Å². The van der Waals surface area contributed by atoms with Crippen molar-refractivity contribution >= 4 is 6.08 Å². The van der Waals surface area contributed by atoms with Crippen LogP contribution in [0.25, 0.3) is 17.2 Å². The number of fused-ring (bicyclic) bond motifs is 1. The maximum atomic E-state index is 4.41. The number of hydrogen-bond donors (Lipinski definition) is 1. The number of rotatable bonds is 1. The van der Waals surface area contributed by atoms with Crippen LogP contribution in [0.2, 0.25) is 0 Å². The zero-order chi connectivity index (χ0) is 11.7. The van der Waals surface area contributed by atoms with E-state index in [0.717, 1.165) is 12.2 Å². The van der Waals surface area contributed by atoms with Crippen molar-refractivity contribution in [3.05, 3.63) is 59.5 Å². The van der Waals surface area contributed by atoms with Gasteiger partial charge in [-0.2, -0.15) is 0 Å². The molecule has 0 radical (unpaired) electrons. The first-order chi connectivity index (χ1) is 8.34. The fourth-order valence-electron chi connectivity index (χ4n) is 2.21. The van der Waals surface area contributed by atoms with Crippen LogP contribution in [-0.2, 0) is 6.54 Å². The maximum absolute atomic E-state index is 4.41. The van der Waals surface area contributed by atoms with Crippen LogP contribution in [0.4, 0.5) is 0 Å². The maximum Gasteiger partial charge on any atom is 0.0673 e. The Morgan fingerprint density at radius 1 is 1.24 bits per heavy atom. The molecule has 0 amide bonds. The van der Waals surface area contributed by atoms with Gasteiger partial charge in [-0.3, -0.25) is 4.98 Å². The number of nitrogens with zero attached hydrogens (tertiary/aromatic N) is 1. The van der Waals surface area contributed by atoms with Crippen molar-refractivity contribution in [2.45, 2.75) is 13.5 Å². The number of aromatic nitrogens is 1. The summed E-state index contributed by atoms with van der Waals surface area (Å²) < 4.78 is 0. The quantitative estimate of drug-likeness (QED) is 0.801. The molecule has 0 unspecified atom stereocenters. The Morgan fingerprint density at radius 2 is 2.18 bits per heavy atom. The van der Waals surface area contributed by atoms with Crippen molar-refractivity contribution in [2.75, 3.05) is 0 Å². The molecule has 0 bridgehead atoms. The molecule has 0 fully saturated rings. The highest BCUT2D eigenvalue weighted by Crippen LogP contribution is 2.28. The summed E-state index contributed by atoms with van der Waals surface area (Å²) in [6, 6.07) is 10.7. The van der Waals surface area contributed by atoms with Crippen LogP contribution in [0, 0.1) is 6.92 Å². The third-order valence-corrected chi connectivity index (χ3v) is 3.04. The standard InChI is InChI=1S/C15H14N2/c1-11-3-2-4-12(9-11)13-6-8-17-15-10-16-7-5-14(13)15/h2-9,16H,10H2,1H3. The van der Waals surface area contributed by atoms with Crippen molar-refractivity contribution in [3.63, 3.8) is 0 Å². The second-order valence-electron chi connectivity index (χ2n) is 4.30. The highest BCUT2D eigenvalue weighted by Gasteiger charge is 2.11. The molecular weight excluding hydrogens is 208 g/mol. The van der Waals surface area contributed by atoms with E-state index in [4.69, 9.17) is 0 Å². The minimum atomic E-state index is 0.811. The summed E-state index contributed by atoms with van der Waals surface area (Å²) in [6.07, 6.45) is 5.98. The largest absolute Gasteiger partial charge is 0.385 e. The fourth-order valence-corrected chi connectivity index (χ4v) is 2.21. The van der Waals surface area contributed by atoms with Gasteiger partial charge >= 0.3 is 0 Å². The van der Waals surface area contributed by atoms with E-state index in [9.17, 15) is 0 Å². The first-order valence-electron chi connectivity index (χ1n) is 5.79. The second-order valence-corrected chi connectivity index (χ2v) is 4.30. The predicted molar refractivity (Wildman–Crippen MR) is 70.3 cm³/mol. The lowest BCUT2D eigenvalue weighted by Gasteiger charge is -2.15. The second kappa shape index (κ2) is 4.06. The van der Waals surface area contributed by atoms with E-state index in [0.29, 0.717) is 0 Å². The number of pyridine rings is 1. The van der Waals surface area contributed by atoms with Gasteiger partial charge in [-0.05, 0) is 36.4 Å². The van der Waals surface area contributed by atoms with Gasteiger partial charge in [-0.15, -0.1) is 0 Å². The third-order valence-electron chi connectivity index (χ3n) is 3.04. The zero-order valence-corrected chi connectivity index (χ0v) is 9.77. The van der Waals surface area contributed by atoms with Crippen LogP contribution >= 0.6 is 0 Å². The summed E-state index contributed by atoms with van der Waals surface area (Å²) in [4.78, 5) is 4.41. The SMILES string of the molecule is Cc1cccc(-c2ccnc3c2C=CNC3)c1. The smallest absolute Gasteiger partial charge is 0.0673 e. The predicted octanol–water partition coefficient (Wildman–Crippen LogP) is 3.13. The summed E-state index contributed by atoms with van der Waals surface area (Å²) in [7, 11) is 0. The van der Waals surface area contributed by atoms with Crippen LogP contribution in [-0.4, -0.2) is 4.98 Å². The molecule has 2 nitrogen and oxygen atoms in total. The van der Waals surface area contributed by atoms with Crippen LogP contribution < -0.4 is 5.32 Å². The molecule has 1 aromatic carbocycles. The topological polar surface area (TPSA) is 24.9 Å². The molecule has 17 heavy (non-hydrogen) atoms. The van der Waals surface area contributed by atoms with Gasteiger partial charge < -0.3 is 5.32 Å². The minimum Gasteiger partial charge on any atom is -0.385 e. The average Bonchev–Trinajstić information content (AvgIpc) is 2.38. The van der Waals surface area contributed by atoms with Crippen LogP contribution in [0.5, 0.6) is 0 Å². The van der Waals surface area contributed by atoms with Gasteiger partial charge in [0.05, 0.1) is 12.2 Å². The molecule has 84 valence electrons. The average molecular weight is 222 g/mol. The first kappa shape index (κ1) is 10.1. The van der Waals surface area contributed by atoms with Crippen LogP contribution in [0.1, 0.15) is 16.8 Å². The van der Waals surface area contributed by atoms with Crippen LogP contribution in [0.15, 0.2) is 42.7 Å². The summed E-state index contributed by atoms with van der Waals surface area (Å²) >= 11 is 0. The number of hydrogen-bond acceptors (Lipinski definition) is 2. The van der Waals surface area contributed by atoms with E-state index in [1.54, 1.807) is 0 Å². The number of benzene rings is 1. The van der Waals surface area contributed by atoms with E-state index in [1.807, 2.05) is 12.4 Å². The van der Waals surface area contributed by atoms with Gasteiger partial charge in [0, 0.05) is 11.8 Å². The monoisotopic (exact) mass is 222 g/mol. The molecule has 0 saturated carbocycles. The van der Waals surface area contributed by atoms with Crippen molar-refractivity contribution in [2.24, 2.45) is 0 Å². The Kier molecular flexibility index (Phi) is 2.41. The third kappa shape index (κ3) is 1.82. The lowest BCUT2D eigenvalue weighted by molar-refractivity contribution is 0.824. The molecule has 0 atom stereocenters. The molecule has 0 aliphatic carbocycles. The molecule has 1 aromatic heterocycles. The first-order valence-corrected chi connectivity index (χ1v) is 5.79. The lowest BCUT2D eigenvalue weighted by Crippen LogP contribution is -2.12. The van der Waals surface area contributed by atoms with Crippen molar-refractivity contribution in [1.82, 2.24) is 10.3 Å². The molecule has 0 spiro atoms. The molecule has 2 aromatic rings. The van der Waals surface area contributed by atoms with Gasteiger partial charge in [0.2, 0.25) is 0 Å². The molecule has 3 rings (SSSR count). The summed E-state index contributed by atoms with van der Waals surface area (Å²) in [5.74, 6) is 0. The van der Waals surface area contributed by atoms with Crippen molar-refractivity contribution < 1.29 is 0 Å². The fraction of sp³-hybridized carbons (Fsp3) is 0.133. The molecule has 1 aliphatic rings.